The lowest BCUT2D eigenvalue weighted by Crippen LogP contribution is -2.55. The van der Waals surface area contributed by atoms with E-state index in [1.54, 1.807) is 29.2 Å². The molecule has 2 amide bonds. The van der Waals surface area contributed by atoms with Crippen molar-refractivity contribution in [1.82, 2.24) is 19.8 Å². The summed E-state index contributed by atoms with van der Waals surface area (Å²) < 4.78 is 27.1. The number of sulfonamides is 1. The van der Waals surface area contributed by atoms with Gasteiger partial charge in [0.2, 0.25) is 21.8 Å². The van der Waals surface area contributed by atoms with Gasteiger partial charge in [0.05, 0.1) is 17.5 Å². The van der Waals surface area contributed by atoms with E-state index in [-0.39, 0.29) is 23.3 Å². The molecule has 1 aromatic carbocycles. The molecule has 1 aliphatic rings. The molecule has 0 aliphatic carbocycles. The lowest BCUT2D eigenvalue weighted by molar-refractivity contribution is -0.134. The van der Waals surface area contributed by atoms with Crippen molar-refractivity contribution in [2.24, 2.45) is 0 Å². The van der Waals surface area contributed by atoms with E-state index in [4.69, 9.17) is 0 Å². The zero-order chi connectivity index (χ0) is 19.9. The van der Waals surface area contributed by atoms with Gasteiger partial charge in [-0.25, -0.2) is 8.42 Å². The summed E-state index contributed by atoms with van der Waals surface area (Å²) in [6, 6.07) is 7.09. The summed E-state index contributed by atoms with van der Waals surface area (Å²) >= 11 is 0. The van der Waals surface area contributed by atoms with Crippen LogP contribution in [0.15, 0.2) is 47.9 Å². The van der Waals surface area contributed by atoms with Gasteiger partial charge < -0.3 is 10.2 Å². The molecule has 1 fully saturated rings. The highest BCUT2D eigenvalue weighted by atomic mass is 32.2. The van der Waals surface area contributed by atoms with Crippen molar-refractivity contribution < 1.29 is 18.0 Å². The number of nitrogens with one attached hydrogen (secondary N) is 2. The minimum Gasteiger partial charge on any atom is -0.352 e. The Morgan fingerprint density at radius 2 is 1.81 bits per heavy atom. The van der Waals surface area contributed by atoms with Gasteiger partial charge >= 0.3 is 0 Å². The lowest BCUT2D eigenvalue weighted by atomic mass is 10.2. The molecule has 0 aromatic heterocycles. The summed E-state index contributed by atoms with van der Waals surface area (Å²) in [5.41, 5.74) is 0. The number of carbonyl (C=O) groups is 2. The van der Waals surface area contributed by atoms with Crippen molar-refractivity contribution in [1.29, 1.82) is 0 Å². The van der Waals surface area contributed by atoms with Crippen LogP contribution >= 0.6 is 0 Å². The van der Waals surface area contributed by atoms with Crippen molar-refractivity contribution in [2.75, 3.05) is 39.3 Å². The quantitative estimate of drug-likeness (QED) is 0.595. The third-order valence-electron chi connectivity index (χ3n) is 4.25. The molecular weight excluding hydrogens is 368 g/mol. The first-order valence-electron chi connectivity index (χ1n) is 8.79. The number of hydrogen-bond acceptors (Lipinski definition) is 5. The zero-order valence-electron chi connectivity index (χ0n) is 15.4. The molecule has 148 valence electrons. The lowest BCUT2D eigenvalue weighted by Gasteiger charge is -2.35. The second kappa shape index (κ2) is 9.63. The molecular formula is C18H26N4O4S. The first kappa shape index (κ1) is 21.1. The predicted molar refractivity (Wildman–Crippen MR) is 102 cm³/mol. The smallest absolute Gasteiger partial charge is 0.241 e. The number of amides is 2. The molecule has 8 nitrogen and oxygen atoms in total. The summed E-state index contributed by atoms with van der Waals surface area (Å²) in [5.74, 6) is -0.357. The van der Waals surface area contributed by atoms with Crippen LogP contribution < -0.4 is 10.0 Å². The maximum Gasteiger partial charge on any atom is 0.241 e. The van der Waals surface area contributed by atoms with Crippen LogP contribution in [0.5, 0.6) is 0 Å². The molecule has 9 heteroatoms. The fourth-order valence-corrected chi connectivity index (χ4v) is 4.01. The summed E-state index contributed by atoms with van der Waals surface area (Å²) in [5, 5.41) is 2.72. The zero-order valence-corrected chi connectivity index (χ0v) is 16.2. The molecule has 2 N–H and O–H groups in total. The molecule has 27 heavy (non-hydrogen) atoms. The molecule has 0 unspecified atom stereocenters. The Morgan fingerprint density at radius 3 is 2.41 bits per heavy atom. The second-order valence-electron chi connectivity index (χ2n) is 6.35. The van der Waals surface area contributed by atoms with Crippen LogP contribution in [0.1, 0.15) is 6.92 Å². The summed E-state index contributed by atoms with van der Waals surface area (Å²) in [6.45, 7) is 7.81. The van der Waals surface area contributed by atoms with Crippen LogP contribution in [0.25, 0.3) is 0 Å². The summed E-state index contributed by atoms with van der Waals surface area (Å²) in [4.78, 5) is 28.0. The average molecular weight is 394 g/mol. The number of rotatable bonds is 8. The highest BCUT2D eigenvalue weighted by Crippen LogP contribution is 2.10. The van der Waals surface area contributed by atoms with E-state index in [2.05, 4.69) is 16.6 Å². The molecule has 1 aromatic rings. The largest absolute Gasteiger partial charge is 0.352 e. The Labute approximate surface area is 160 Å². The fourth-order valence-electron chi connectivity index (χ4n) is 2.80. The van der Waals surface area contributed by atoms with Crippen LogP contribution in [0, 0.1) is 0 Å². The predicted octanol–water partition coefficient (Wildman–Crippen LogP) is -0.200. The molecule has 0 bridgehead atoms. The van der Waals surface area contributed by atoms with Gasteiger partial charge in [-0.1, -0.05) is 24.3 Å². The van der Waals surface area contributed by atoms with Gasteiger partial charge in [0, 0.05) is 32.7 Å². The Kier molecular flexibility index (Phi) is 7.52. The van der Waals surface area contributed by atoms with Crippen molar-refractivity contribution in [3.05, 3.63) is 43.0 Å². The number of carbonyl (C=O) groups excluding carboxylic acids is 2. The Bertz CT molecular complexity index is 759. The van der Waals surface area contributed by atoms with Gasteiger partial charge in [0.25, 0.3) is 0 Å². The second-order valence-corrected chi connectivity index (χ2v) is 8.06. The van der Waals surface area contributed by atoms with Crippen LogP contribution in [0.4, 0.5) is 0 Å². The normalized spacial score (nSPS) is 16.6. The third-order valence-corrected chi connectivity index (χ3v) is 5.81. The monoisotopic (exact) mass is 394 g/mol. The number of nitrogens with zero attached hydrogens (tertiary/aromatic N) is 2. The molecule has 0 radical (unpaired) electrons. The fraction of sp³-hybridized carbons (Fsp3) is 0.444. The SMILES string of the molecule is C=CCNC(=O)CN1CCN(C(=O)[C@H](C)NS(=O)(=O)c2ccccc2)CC1. The topological polar surface area (TPSA) is 98.8 Å². The van der Waals surface area contributed by atoms with Crippen molar-refractivity contribution in [2.45, 2.75) is 17.9 Å². The molecule has 1 atom stereocenters. The van der Waals surface area contributed by atoms with Crippen LogP contribution in [0.2, 0.25) is 0 Å². The maximum atomic E-state index is 12.6. The third kappa shape index (κ3) is 6.16. The van der Waals surface area contributed by atoms with Crippen molar-refractivity contribution >= 4 is 21.8 Å². The first-order chi connectivity index (χ1) is 12.8. The Morgan fingerprint density at radius 1 is 1.19 bits per heavy atom. The number of piperazine rings is 1. The maximum absolute atomic E-state index is 12.6. The molecule has 0 saturated carbocycles. The minimum atomic E-state index is -3.75. The van der Waals surface area contributed by atoms with E-state index in [1.807, 2.05) is 4.90 Å². The molecule has 2 rings (SSSR count). The van der Waals surface area contributed by atoms with E-state index in [1.165, 1.54) is 19.1 Å². The van der Waals surface area contributed by atoms with E-state index < -0.39 is 16.1 Å². The van der Waals surface area contributed by atoms with Gasteiger partial charge in [0.1, 0.15) is 0 Å². The van der Waals surface area contributed by atoms with E-state index in [0.717, 1.165) is 0 Å². The Balaban J connectivity index is 1.84. The summed E-state index contributed by atoms with van der Waals surface area (Å²) in [7, 11) is -3.75. The molecule has 1 saturated heterocycles. The van der Waals surface area contributed by atoms with Crippen LogP contribution in [0.3, 0.4) is 0 Å². The molecule has 1 aliphatic heterocycles. The molecule has 0 spiro atoms. The van der Waals surface area contributed by atoms with Gasteiger partial charge in [-0.2, -0.15) is 4.72 Å². The van der Waals surface area contributed by atoms with E-state index in [9.17, 15) is 18.0 Å². The van der Waals surface area contributed by atoms with Gasteiger partial charge in [-0.15, -0.1) is 6.58 Å². The van der Waals surface area contributed by atoms with Crippen molar-refractivity contribution in [3.63, 3.8) is 0 Å². The first-order valence-corrected chi connectivity index (χ1v) is 10.3. The van der Waals surface area contributed by atoms with Gasteiger partial charge in [0.15, 0.2) is 0 Å². The van der Waals surface area contributed by atoms with Gasteiger partial charge in [-0.05, 0) is 19.1 Å². The minimum absolute atomic E-state index is 0.0846. The molecule has 1 heterocycles. The summed E-state index contributed by atoms with van der Waals surface area (Å²) in [6.07, 6.45) is 1.62. The van der Waals surface area contributed by atoms with E-state index >= 15 is 0 Å². The van der Waals surface area contributed by atoms with Crippen LogP contribution in [-0.2, 0) is 19.6 Å². The number of hydrogen-bond donors (Lipinski definition) is 2. The van der Waals surface area contributed by atoms with E-state index in [0.29, 0.717) is 32.7 Å². The average Bonchev–Trinajstić information content (AvgIpc) is 2.66. The standard InChI is InChI=1S/C18H26N4O4S/c1-3-9-19-17(23)14-21-10-12-22(13-11-21)18(24)15(2)20-27(25,26)16-7-5-4-6-8-16/h3-8,15,20H,1,9-14H2,2H3,(H,19,23)/t15-/m0/s1. The highest BCUT2D eigenvalue weighted by molar-refractivity contribution is 7.89. The van der Waals surface area contributed by atoms with Crippen LogP contribution in [-0.4, -0.2) is 75.3 Å². The Hall–Kier alpha value is -2.23. The van der Waals surface area contributed by atoms with Crippen molar-refractivity contribution in [3.8, 4) is 0 Å². The van der Waals surface area contributed by atoms with Gasteiger partial charge in [-0.3, -0.25) is 14.5 Å². The number of benzene rings is 1. The highest BCUT2D eigenvalue weighted by Gasteiger charge is 2.28.